The molecule has 0 aliphatic heterocycles. The van der Waals surface area contributed by atoms with Crippen LogP contribution in [-0.2, 0) is 0 Å². The van der Waals surface area contributed by atoms with Gasteiger partial charge in [0, 0.05) is 6.42 Å². The maximum absolute atomic E-state index is 13.3. The van der Waals surface area contributed by atoms with Gasteiger partial charge in [0.1, 0.15) is 0 Å². The fraction of sp³-hybridized carbons (Fsp3) is 0.208. The van der Waals surface area contributed by atoms with Crippen molar-refractivity contribution >= 4 is 5.70 Å². The van der Waals surface area contributed by atoms with E-state index in [0.717, 1.165) is 11.3 Å². The lowest BCUT2D eigenvalue weighted by Gasteiger charge is -2.16. The molecular weight excluding hydrogens is 414 g/mol. The van der Waals surface area contributed by atoms with Crippen LogP contribution in [0.3, 0.4) is 0 Å². The van der Waals surface area contributed by atoms with Crippen LogP contribution >= 0.6 is 0 Å². The summed E-state index contributed by atoms with van der Waals surface area (Å²) in [5.74, 6) is 0.0574. The van der Waals surface area contributed by atoms with Crippen molar-refractivity contribution in [3.8, 4) is 22.8 Å². The Morgan fingerprint density at radius 1 is 1.16 bits per heavy atom. The Kier molecular flexibility index (Phi) is 6.11. The number of nitrogens with zero attached hydrogens (tertiary/aromatic N) is 4. The molecule has 2 aromatic heterocycles. The number of aromatic nitrogens is 4. The van der Waals surface area contributed by atoms with E-state index in [1.54, 1.807) is 23.0 Å². The van der Waals surface area contributed by atoms with Crippen LogP contribution in [0.2, 0.25) is 0 Å². The smallest absolute Gasteiger partial charge is 0.251 e. The van der Waals surface area contributed by atoms with Crippen molar-refractivity contribution in [2.24, 2.45) is 0 Å². The van der Waals surface area contributed by atoms with Gasteiger partial charge in [0.15, 0.2) is 11.4 Å². The predicted octanol–water partition coefficient (Wildman–Crippen LogP) is 4.88. The van der Waals surface area contributed by atoms with Crippen LogP contribution in [-0.4, -0.2) is 33.1 Å². The van der Waals surface area contributed by atoms with E-state index < -0.39 is 18.3 Å². The van der Waals surface area contributed by atoms with Crippen LogP contribution in [0.15, 0.2) is 83.0 Å². The lowest BCUT2D eigenvalue weighted by molar-refractivity contribution is 0.150. The number of halogens is 2. The van der Waals surface area contributed by atoms with Crippen molar-refractivity contribution in [1.82, 2.24) is 19.6 Å². The maximum Gasteiger partial charge on any atom is 0.251 e. The Hall–Kier alpha value is -3.81. The summed E-state index contributed by atoms with van der Waals surface area (Å²) in [6, 6.07) is 11.0. The van der Waals surface area contributed by atoms with Gasteiger partial charge in [-0.15, -0.1) is 0 Å². The first-order chi connectivity index (χ1) is 15.5. The molecular formula is C24H22F2N4O2. The van der Waals surface area contributed by atoms with E-state index in [0.29, 0.717) is 23.4 Å². The standard InChI is InChI=1S/C24H22F2N4O2/c1-16-7-6-10-19(17(13-16)14-22(25)26)29-15-21(32-2)24(31)23(28-29)20-11-12-27-30(20)18-8-4-3-5-9-18/h3-5,7-13,15,22H,6,14H2,1-2H3. The molecule has 1 aliphatic carbocycles. The molecule has 0 fully saturated rings. The molecule has 1 aromatic carbocycles. The van der Waals surface area contributed by atoms with Gasteiger partial charge in [0.05, 0.1) is 36.6 Å². The van der Waals surface area contributed by atoms with Gasteiger partial charge in [-0.3, -0.25) is 4.79 Å². The molecule has 0 N–H and O–H groups in total. The van der Waals surface area contributed by atoms with Gasteiger partial charge in [-0.1, -0.05) is 42.0 Å². The van der Waals surface area contributed by atoms with Crippen molar-refractivity contribution in [1.29, 1.82) is 0 Å². The lowest BCUT2D eigenvalue weighted by atomic mass is 10.1. The zero-order valence-electron chi connectivity index (χ0n) is 17.7. The molecule has 32 heavy (non-hydrogen) atoms. The summed E-state index contributed by atoms with van der Waals surface area (Å²) in [6.45, 7) is 1.87. The number of methoxy groups -OCH3 is 1. The summed E-state index contributed by atoms with van der Waals surface area (Å²) in [5, 5.41) is 8.88. The zero-order chi connectivity index (χ0) is 22.7. The van der Waals surface area contributed by atoms with Crippen LogP contribution in [0.4, 0.5) is 8.78 Å². The second-order valence-corrected chi connectivity index (χ2v) is 7.32. The van der Waals surface area contributed by atoms with E-state index in [9.17, 15) is 13.6 Å². The minimum Gasteiger partial charge on any atom is -0.491 e. The Morgan fingerprint density at radius 3 is 2.66 bits per heavy atom. The van der Waals surface area contributed by atoms with Gasteiger partial charge >= 0.3 is 0 Å². The predicted molar refractivity (Wildman–Crippen MR) is 119 cm³/mol. The second kappa shape index (κ2) is 9.13. The molecule has 0 saturated heterocycles. The molecule has 0 radical (unpaired) electrons. The molecule has 0 spiro atoms. The third kappa shape index (κ3) is 4.30. The first-order valence-corrected chi connectivity index (χ1v) is 10.1. The van der Waals surface area contributed by atoms with Crippen LogP contribution in [0, 0.1) is 0 Å². The van der Waals surface area contributed by atoms with Gasteiger partial charge in [0.2, 0.25) is 6.43 Å². The first-order valence-electron chi connectivity index (χ1n) is 10.1. The minimum atomic E-state index is -2.52. The molecule has 0 unspecified atom stereocenters. The number of rotatable bonds is 6. The molecule has 2 heterocycles. The highest BCUT2D eigenvalue weighted by atomic mass is 19.3. The summed E-state index contributed by atoms with van der Waals surface area (Å²) in [7, 11) is 1.39. The van der Waals surface area contributed by atoms with Crippen LogP contribution in [0.1, 0.15) is 19.8 Å². The summed E-state index contributed by atoms with van der Waals surface area (Å²) in [5.41, 5.74) is 2.74. The van der Waals surface area contributed by atoms with Gasteiger partial charge in [0.25, 0.3) is 5.43 Å². The highest BCUT2D eigenvalue weighted by Crippen LogP contribution is 2.29. The van der Waals surface area contributed by atoms with Crippen LogP contribution in [0.5, 0.6) is 5.75 Å². The SMILES string of the molecule is COc1cn(C2=CCC=C(C)C=C2CC(F)F)nc(-c2ccnn2-c2ccccc2)c1=O. The average molecular weight is 436 g/mol. The number of ether oxygens (including phenoxy) is 1. The fourth-order valence-electron chi connectivity index (χ4n) is 3.63. The molecule has 8 heteroatoms. The average Bonchev–Trinajstić information content (AvgIpc) is 3.19. The first kappa shape index (κ1) is 21.4. The molecule has 4 rings (SSSR count). The van der Waals surface area contributed by atoms with Gasteiger partial charge in [-0.25, -0.2) is 18.1 Å². The van der Waals surface area contributed by atoms with Crippen molar-refractivity contribution in [2.45, 2.75) is 26.2 Å². The largest absolute Gasteiger partial charge is 0.491 e. The van der Waals surface area contributed by atoms with E-state index in [1.807, 2.05) is 49.4 Å². The maximum atomic E-state index is 13.3. The Labute approximate surface area is 183 Å². The monoisotopic (exact) mass is 436 g/mol. The Balaban J connectivity index is 1.89. The van der Waals surface area contributed by atoms with Gasteiger partial charge in [-0.05, 0) is 37.1 Å². The van der Waals surface area contributed by atoms with Crippen molar-refractivity contribution in [3.63, 3.8) is 0 Å². The van der Waals surface area contributed by atoms with Gasteiger partial charge < -0.3 is 4.74 Å². The number of hydrogen-bond acceptors (Lipinski definition) is 4. The van der Waals surface area contributed by atoms with Crippen molar-refractivity contribution in [3.05, 3.63) is 88.4 Å². The molecule has 0 amide bonds. The summed E-state index contributed by atoms with van der Waals surface area (Å²) < 4.78 is 35.0. The number of allylic oxidation sites excluding steroid dienone is 6. The Morgan fingerprint density at radius 2 is 1.94 bits per heavy atom. The van der Waals surface area contributed by atoms with E-state index in [2.05, 4.69) is 10.2 Å². The number of benzene rings is 1. The lowest BCUT2D eigenvalue weighted by Crippen LogP contribution is -2.19. The van der Waals surface area contributed by atoms with Crippen molar-refractivity contribution in [2.75, 3.05) is 7.11 Å². The molecule has 164 valence electrons. The van der Waals surface area contributed by atoms with Gasteiger partial charge in [-0.2, -0.15) is 10.2 Å². The fourth-order valence-corrected chi connectivity index (χ4v) is 3.63. The molecule has 3 aromatic rings. The topological polar surface area (TPSA) is 61.9 Å². The minimum absolute atomic E-state index is 0.0574. The molecule has 0 atom stereocenters. The Bertz CT molecular complexity index is 1270. The third-order valence-corrected chi connectivity index (χ3v) is 5.10. The van der Waals surface area contributed by atoms with Crippen molar-refractivity contribution < 1.29 is 13.5 Å². The summed E-state index contributed by atoms with van der Waals surface area (Å²) in [6.07, 6.45) is 6.11. The molecule has 1 aliphatic rings. The normalized spacial score (nSPS) is 14.0. The third-order valence-electron chi connectivity index (χ3n) is 5.10. The molecule has 0 bridgehead atoms. The van der Waals surface area contributed by atoms with E-state index >= 15 is 0 Å². The number of para-hydroxylation sites is 1. The van der Waals surface area contributed by atoms with Crippen LogP contribution in [0.25, 0.3) is 22.8 Å². The van der Waals surface area contributed by atoms with E-state index in [4.69, 9.17) is 4.74 Å². The summed E-state index contributed by atoms with van der Waals surface area (Å²) >= 11 is 0. The highest BCUT2D eigenvalue weighted by Gasteiger charge is 2.21. The quantitative estimate of drug-likeness (QED) is 0.553. The molecule has 6 nitrogen and oxygen atoms in total. The zero-order valence-corrected chi connectivity index (χ0v) is 17.7. The number of hydrogen-bond donors (Lipinski definition) is 0. The highest BCUT2D eigenvalue weighted by molar-refractivity contribution is 5.68. The summed E-state index contributed by atoms with van der Waals surface area (Å²) in [4.78, 5) is 13.1. The van der Waals surface area contributed by atoms with E-state index in [-0.39, 0.29) is 11.4 Å². The number of alkyl halides is 2. The second-order valence-electron chi connectivity index (χ2n) is 7.32. The van der Waals surface area contributed by atoms with E-state index in [1.165, 1.54) is 18.0 Å². The van der Waals surface area contributed by atoms with Crippen LogP contribution < -0.4 is 10.2 Å². The molecule has 0 saturated carbocycles.